The molecule has 0 spiro atoms. The number of carbonyl (C=O) groups excluding carboxylic acids is 1. The van der Waals surface area contributed by atoms with Gasteiger partial charge in [0.05, 0.1) is 22.8 Å². The molecule has 3 aliphatic heterocycles. The number of unbranched alkanes of at least 4 members (excludes halogenated alkanes) is 1. The van der Waals surface area contributed by atoms with Crippen molar-refractivity contribution in [1.82, 2.24) is 10.0 Å². The molecule has 2 bridgehead atoms. The first kappa shape index (κ1) is 22.9. The van der Waals surface area contributed by atoms with Crippen molar-refractivity contribution in [3.05, 3.63) is 71.8 Å². The number of amides is 1. The molecule has 3 fully saturated rings. The zero-order valence-electron chi connectivity index (χ0n) is 19.8. The van der Waals surface area contributed by atoms with Crippen LogP contribution in [0, 0.1) is 0 Å². The van der Waals surface area contributed by atoms with Gasteiger partial charge < -0.3 is 4.74 Å². The van der Waals surface area contributed by atoms with Gasteiger partial charge in [0, 0.05) is 6.04 Å². The Bertz CT molecular complexity index is 885. The number of thioether (sulfide) groups is 1. The Hall–Kier alpha value is -1.82. The second kappa shape index (κ2) is 10.2. The minimum atomic E-state index is -0.0881. The lowest BCUT2D eigenvalue weighted by atomic mass is 9.98. The van der Waals surface area contributed by atoms with Gasteiger partial charge in [-0.1, -0.05) is 80.4 Å². The van der Waals surface area contributed by atoms with E-state index in [0.717, 1.165) is 32.1 Å². The minimum absolute atomic E-state index is 0.0499. The standard InChI is InChI=1S/C28H36N2O2S/c1-3-4-15-26-30(28(31)20(2)33-26)29-23-16-18-24(29)25(19-17-23)32-27(21-11-7-5-8-12-21)22-13-9-6-10-14-22/h5-14,20,23-27H,3-4,15-19H2,1-2H3. The molecule has 0 saturated carbocycles. The van der Waals surface area contributed by atoms with E-state index in [4.69, 9.17) is 4.74 Å². The fourth-order valence-electron chi connectivity index (χ4n) is 5.87. The SMILES string of the molecule is CCCCC1SC(C)C(=O)N1N1C2CCC(OC(c3ccccc3)c3ccccc3)C1CC2. The zero-order chi connectivity index (χ0) is 22.8. The molecule has 5 atom stereocenters. The summed E-state index contributed by atoms with van der Waals surface area (Å²) in [7, 11) is 0. The van der Waals surface area contributed by atoms with Crippen LogP contribution in [0.25, 0.3) is 0 Å². The molecule has 4 nitrogen and oxygen atoms in total. The number of hydrogen-bond acceptors (Lipinski definition) is 4. The van der Waals surface area contributed by atoms with Crippen LogP contribution in [-0.4, -0.2) is 44.7 Å². The molecule has 0 N–H and O–H groups in total. The number of piperidine rings is 1. The van der Waals surface area contributed by atoms with Crippen molar-refractivity contribution in [3.8, 4) is 0 Å². The number of fused-ring (bicyclic) bond motifs is 2. The fraction of sp³-hybridized carbons (Fsp3) is 0.536. The summed E-state index contributed by atoms with van der Waals surface area (Å²) in [6.07, 6.45) is 7.88. The molecule has 3 aliphatic rings. The van der Waals surface area contributed by atoms with Gasteiger partial charge >= 0.3 is 0 Å². The van der Waals surface area contributed by atoms with Gasteiger partial charge in [-0.15, -0.1) is 11.8 Å². The van der Waals surface area contributed by atoms with Crippen molar-refractivity contribution >= 4 is 17.7 Å². The Kier molecular flexibility index (Phi) is 7.10. The monoisotopic (exact) mass is 464 g/mol. The molecular formula is C28H36N2O2S. The van der Waals surface area contributed by atoms with Gasteiger partial charge in [0.15, 0.2) is 0 Å². The summed E-state index contributed by atoms with van der Waals surface area (Å²) in [6.45, 7) is 4.31. The molecule has 0 radical (unpaired) electrons. The molecule has 176 valence electrons. The number of hydrogen-bond donors (Lipinski definition) is 0. The van der Waals surface area contributed by atoms with Crippen molar-refractivity contribution in [1.29, 1.82) is 0 Å². The summed E-state index contributed by atoms with van der Waals surface area (Å²) in [5, 5.41) is 4.96. The molecule has 5 unspecified atom stereocenters. The van der Waals surface area contributed by atoms with Gasteiger partial charge in [-0.2, -0.15) is 0 Å². The summed E-state index contributed by atoms with van der Waals surface area (Å²) in [5.41, 5.74) is 2.38. The van der Waals surface area contributed by atoms with Crippen LogP contribution in [-0.2, 0) is 9.53 Å². The van der Waals surface area contributed by atoms with Gasteiger partial charge in [-0.25, -0.2) is 5.01 Å². The maximum Gasteiger partial charge on any atom is 0.250 e. The van der Waals surface area contributed by atoms with Crippen molar-refractivity contribution in [2.24, 2.45) is 0 Å². The van der Waals surface area contributed by atoms with Crippen LogP contribution in [0.1, 0.15) is 76.0 Å². The Morgan fingerprint density at radius 2 is 1.61 bits per heavy atom. The number of hydrazine groups is 1. The maximum atomic E-state index is 13.3. The quantitative estimate of drug-likeness (QED) is 0.467. The van der Waals surface area contributed by atoms with Crippen molar-refractivity contribution in [2.75, 3.05) is 0 Å². The largest absolute Gasteiger partial charge is 0.364 e. The lowest BCUT2D eigenvalue weighted by molar-refractivity contribution is -0.173. The number of carbonyl (C=O) groups is 1. The van der Waals surface area contributed by atoms with E-state index in [1.165, 1.54) is 24.0 Å². The molecule has 0 aromatic heterocycles. The third kappa shape index (κ3) is 4.60. The van der Waals surface area contributed by atoms with E-state index in [1.807, 2.05) is 11.8 Å². The summed E-state index contributed by atoms with van der Waals surface area (Å²) in [5.74, 6) is 0.293. The topological polar surface area (TPSA) is 32.8 Å². The third-order valence-corrected chi connectivity index (χ3v) is 8.86. The molecular weight excluding hydrogens is 428 g/mol. The van der Waals surface area contributed by atoms with Gasteiger partial charge in [0.25, 0.3) is 5.91 Å². The smallest absolute Gasteiger partial charge is 0.250 e. The third-order valence-electron chi connectivity index (χ3n) is 7.50. The molecule has 33 heavy (non-hydrogen) atoms. The number of nitrogens with zero attached hydrogens (tertiary/aromatic N) is 2. The first-order chi connectivity index (χ1) is 16.2. The maximum absolute atomic E-state index is 13.3. The van der Waals surface area contributed by atoms with E-state index in [0.29, 0.717) is 11.9 Å². The number of ether oxygens (including phenoxy) is 1. The van der Waals surface area contributed by atoms with Crippen molar-refractivity contribution in [3.63, 3.8) is 0 Å². The summed E-state index contributed by atoms with van der Waals surface area (Å²) >= 11 is 1.85. The van der Waals surface area contributed by atoms with Gasteiger partial charge in [0.1, 0.15) is 6.10 Å². The zero-order valence-corrected chi connectivity index (χ0v) is 20.6. The average Bonchev–Trinajstić information content (AvgIpc) is 3.30. The molecule has 0 aliphatic carbocycles. The second-order valence-electron chi connectivity index (χ2n) is 9.69. The molecule has 3 saturated heterocycles. The van der Waals surface area contributed by atoms with Crippen LogP contribution < -0.4 is 0 Å². The van der Waals surface area contributed by atoms with Gasteiger partial charge in [0.2, 0.25) is 0 Å². The number of benzene rings is 2. The van der Waals surface area contributed by atoms with Crippen molar-refractivity contribution < 1.29 is 9.53 Å². The predicted molar refractivity (Wildman–Crippen MR) is 135 cm³/mol. The molecule has 2 aromatic carbocycles. The molecule has 5 heteroatoms. The summed E-state index contributed by atoms with van der Waals surface area (Å²) in [6, 6.07) is 21.9. The first-order valence-electron chi connectivity index (χ1n) is 12.7. The Balaban J connectivity index is 1.41. The Morgan fingerprint density at radius 3 is 2.24 bits per heavy atom. The lowest BCUT2D eigenvalue weighted by Gasteiger charge is -2.46. The van der Waals surface area contributed by atoms with Crippen LogP contribution in [0.5, 0.6) is 0 Å². The molecule has 2 aromatic rings. The summed E-state index contributed by atoms with van der Waals surface area (Å²) in [4.78, 5) is 13.3. The van der Waals surface area contributed by atoms with E-state index in [-0.39, 0.29) is 28.9 Å². The molecule has 1 amide bonds. The average molecular weight is 465 g/mol. The van der Waals surface area contributed by atoms with Crippen LogP contribution in [0.2, 0.25) is 0 Å². The van der Waals surface area contributed by atoms with Crippen LogP contribution in [0.15, 0.2) is 60.7 Å². The lowest BCUT2D eigenvalue weighted by Crippen LogP contribution is -2.59. The minimum Gasteiger partial charge on any atom is -0.364 e. The van der Waals surface area contributed by atoms with Crippen LogP contribution >= 0.6 is 11.8 Å². The van der Waals surface area contributed by atoms with Gasteiger partial charge in [-0.3, -0.25) is 9.80 Å². The highest BCUT2D eigenvalue weighted by molar-refractivity contribution is 8.01. The fourth-order valence-corrected chi connectivity index (χ4v) is 7.19. The molecule has 5 rings (SSSR count). The van der Waals surface area contributed by atoms with E-state index < -0.39 is 0 Å². The first-order valence-corrected chi connectivity index (χ1v) is 13.6. The Labute approximate surface area is 202 Å². The van der Waals surface area contributed by atoms with Crippen LogP contribution in [0.3, 0.4) is 0 Å². The van der Waals surface area contributed by atoms with E-state index in [2.05, 4.69) is 84.5 Å². The van der Waals surface area contributed by atoms with Crippen LogP contribution in [0.4, 0.5) is 0 Å². The Morgan fingerprint density at radius 1 is 0.970 bits per heavy atom. The van der Waals surface area contributed by atoms with Gasteiger partial charge in [-0.05, 0) is 50.2 Å². The normalized spacial score (nSPS) is 29.8. The van der Waals surface area contributed by atoms with Crippen molar-refractivity contribution in [2.45, 2.75) is 93.7 Å². The van der Waals surface area contributed by atoms with E-state index in [9.17, 15) is 4.79 Å². The highest BCUT2D eigenvalue weighted by Crippen LogP contribution is 2.45. The summed E-state index contributed by atoms with van der Waals surface area (Å²) < 4.78 is 6.98. The van der Waals surface area contributed by atoms with E-state index in [1.54, 1.807) is 0 Å². The second-order valence-corrected chi connectivity index (χ2v) is 11.2. The number of rotatable bonds is 8. The highest BCUT2D eigenvalue weighted by Gasteiger charge is 2.52. The molecule has 3 heterocycles. The highest BCUT2D eigenvalue weighted by atomic mass is 32.2. The van der Waals surface area contributed by atoms with E-state index >= 15 is 0 Å². The predicted octanol–water partition coefficient (Wildman–Crippen LogP) is 6.18.